The third-order valence-electron chi connectivity index (χ3n) is 3.35. The molecule has 1 heterocycles. The molecular formula is C18H13Cl3N4OS3. The number of amides is 1. The van der Waals surface area contributed by atoms with E-state index in [9.17, 15) is 4.79 Å². The van der Waals surface area contributed by atoms with Gasteiger partial charge in [0.25, 0.3) is 5.91 Å². The second kappa shape index (κ2) is 11.2. The van der Waals surface area contributed by atoms with E-state index in [1.165, 1.54) is 29.3 Å². The van der Waals surface area contributed by atoms with E-state index >= 15 is 0 Å². The number of carbonyl (C=O) groups excluding carboxylic acids is 1. The van der Waals surface area contributed by atoms with Crippen molar-refractivity contribution in [3.63, 3.8) is 0 Å². The third kappa shape index (κ3) is 7.47. The first-order valence-corrected chi connectivity index (χ1v) is 12.0. The van der Waals surface area contributed by atoms with E-state index in [2.05, 4.69) is 20.7 Å². The number of hydrogen-bond donors (Lipinski definition) is 1. The van der Waals surface area contributed by atoms with Crippen LogP contribution in [0.3, 0.4) is 0 Å². The summed E-state index contributed by atoms with van der Waals surface area (Å²) < 4.78 is 1.57. The Morgan fingerprint density at radius 3 is 2.45 bits per heavy atom. The molecule has 3 rings (SSSR count). The predicted octanol–water partition coefficient (Wildman–Crippen LogP) is 6.03. The van der Waals surface area contributed by atoms with E-state index in [-0.39, 0.29) is 11.7 Å². The van der Waals surface area contributed by atoms with Crippen molar-refractivity contribution in [3.05, 3.63) is 68.7 Å². The van der Waals surface area contributed by atoms with Gasteiger partial charge in [-0.3, -0.25) is 4.79 Å². The minimum Gasteiger partial charge on any atom is -0.272 e. The largest absolute Gasteiger partial charge is 0.272 e. The molecule has 1 amide bonds. The molecule has 0 spiro atoms. The van der Waals surface area contributed by atoms with Crippen molar-refractivity contribution in [2.45, 2.75) is 14.4 Å². The van der Waals surface area contributed by atoms with Gasteiger partial charge in [-0.15, -0.1) is 10.2 Å². The summed E-state index contributed by atoms with van der Waals surface area (Å²) in [5.74, 6) is 0.711. The molecule has 3 aromatic rings. The number of hydrazone groups is 1. The Balaban J connectivity index is 1.42. The lowest BCUT2D eigenvalue weighted by Gasteiger charge is -1.99. The van der Waals surface area contributed by atoms with Crippen LogP contribution in [0.2, 0.25) is 15.1 Å². The van der Waals surface area contributed by atoms with Gasteiger partial charge in [0, 0.05) is 21.4 Å². The molecular weight excluding hydrogens is 491 g/mol. The van der Waals surface area contributed by atoms with Gasteiger partial charge < -0.3 is 0 Å². The Hall–Kier alpha value is -1.29. The van der Waals surface area contributed by atoms with Crippen LogP contribution in [-0.4, -0.2) is 28.1 Å². The van der Waals surface area contributed by atoms with Gasteiger partial charge in [0.1, 0.15) is 0 Å². The maximum atomic E-state index is 11.9. The molecule has 0 aliphatic rings. The summed E-state index contributed by atoms with van der Waals surface area (Å²) in [7, 11) is 0. The summed E-state index contributed by atoms with van der Waals surface area (Å²) in [4.78, 5) is 11.9. The fraction of sp³-hybridized carbons (Fsp3) is 0.111. The molecule has 1 aromatic heterocycles. The van der Waals surface area contributed by atoms with Crippen molar-refractivity contribution in [1.29, 1.82) is 0 Å². The number of halogens is 3. The number of benzene rings is 2. The van der Waals surface area contributed by atoms with Crippen molar-refractivity contribution < 1.29 is 4.79 Å². The molecule has 0 bridgehead atoms. The molecule has 0 unspecified atom stereocenters. The highest BCUT2D eigenvalue weighted by molar-refractivity contribution is 8.03. The predicted molar refractivity (Wildman–Crippen MR) is 124 cm³/mol. The van der Waals surface area contributed by atoms with E-state index in [1.54, 1.807) is 30.0 Å². The topological polar surface area (TPSA) is 67.2 Å². The van der Waals surface area contributed by atoms with E-state index < -0.39 is 0 Å². The number of hydrogen-bond acceptors (Lipinski definition) is 7. The van der Waals surface area contributed by atoms with Gasteiger partial charge in [-0.2, -0.15) is 5.10 Å². The highest BCUT2D eigenvalue weighted by atomic mass is 35.5. The number of aromatic nitrogens is 2. The van der Waals surface area contributed by atoms with E-state index in [0.29, 0.717) is 20.6 Å². The van der Waals surface area contributed by atoms with Crippen LogP contribution in [0.4, 0.5) is 0 Å². The van der Waals surface area contributed by atoms with Crippen molar-refractivity contribution in [2.24, 2.45) is 5.10 Å². The lowest BCUT2D eigenvalue weighted by molar-refractivity contribution is -0.118. The maximum Gasteiger partial charge on any atom is 0.250 e. The van der Waals surface area contributed by atoms with Crippen LogP contribution in [0.15, 0.2) is 56.2 Å². The minimum atomic E-state index is -0.248. The lowest BCUT2D eigenvalue weighted by Crippen LogP contribution is -2.19. The Bertz CT molecular complexity index is 1010. The highest BCUT2D eigenvalue weighted by Gasteiger charge is 2.09. The second-order valence-corrected chi connectivity index (χ2v) is 10.2. The first-order chi connectivity index (χ1) is 14.0. The molecule has 0 fully saturated rings. The molecule has 2 aromatic carbocycles. The standard InChI is InChI=1S/C18H13Cl3N4OS3/c19-13-4-1-11(2-5-13)9-27-17-24-25-18(29-17)28-10-16(26)23-22-8-12-3-6-14(20)7-15(12)21/h1-8H,9-10H2,(H,23,26)/b22-8-. The number of nitrogens with one attached hydrogen (secondary N) is 1. The first kappa shape index (κ1) is 22.4. The maximum absolute atomic E-state index is 11.9. The van der Waals surface area contributed by atoms with Gasteiger partial charge in [0.2, 0.25) is 0 Å². The number of rotatable bonds is 8. The van der Waals surface area contributed by atoms with Crippen LogP contribution >= 0.6 is 69.7 Å². The normalized spacial score (nSPS) is 11.1. The van der Waals surface area contributed by atoms with E-state index in [0.717, 1.165) is 20.0 Å². The van der Waals surface area contributed by atoms with Gasteiger partial charge in [-0.1, -0.05) is 87.9 Å². The van der Waals surface area contributed by atoms with Crippen LogP contribution in [0.1, 0.15) is 11.1 Å². The van der Waals surface area contributed by atoms with Gasteiger partial charge in [-0.05, 0) is 29.8 Å². The molecule has 0 atom stereocenters. The summed E-state index contributed by atoms with van der Waals surface area (Å²) in [6.45, 7) is 0. The van der Waals surface area contributed by atoms with Gasteiger partial charge in [-0.25, -0.2) is 5.43 Å². The van der Waals surface area contributed by atoms with E-state index in [1.807, 2.05) is 24.3 Å². The van der Waals surface area contributed by atoms with Gasteiger partial charge in [0.15, 0.2) is 8.68 Å². The van der Waals surface area contributed by atoms with Crippen LogP contribution in [0, 0.1) is 0 Å². The Labute approximate surface area is 195 Å². The molecule has 1 N–H and O–H groups in total. The fourth-order valence-electron chi connectivity index (χ4n) is 1.98. The molecule has 0 aliphatic carbocycles. The quantitative estimate of drug-likeness (QED) is 0.231. The van der Waals surface area contributed by atoms with E-state index in [4.69, 9.17) is 34.8 Å². The molecule has 0 radical (unpaired) electrons. The average Bonchev–Trinajstić information content (AvgIpc) is 3.15. The molecule has 11 heteroatoms. The lowest BCUT2D eigenvalue weighted by atomic mass is 10.2. The zero-order valence-electron chi connectivity index (χ0n) is 14.6. The SMILES string of the molecule is O=C(CSc1nnc(SCc2ccc(Cl)cc2)s1)N/N=C\c1ccc(Cl)cc1Cl. The minimum absolute atomic E-state index is 0.183. The van der Waals surface area contributed by atoms with Gasteiger partial charge in [0.05, 0.1) is 17.0 Å². The van der Waals surface area contributed by atoms with Crippen LogP contribution in [0.5, 0.6) is 0 Å². The van der Waals surface area contributed by atoms with Crippen molar-refractivity contribution in [2.75, 3.05) is 5.75 Å². The van der Waals surface area contributed by atoms with Crippen LogP contribution in [-0.2, 0) is 10.5 Å². The number of nitrogens with zero attached hydrogens (tertiary/aromatic N) is 3. The second-order valence-electron chi connectivity index (χ2n) is 5.50. The molecule has 0 aliphatic heterocycles. The average molecular weight is 504 g/mol. The zero-order valence-corrected chi connectivity index (χ0v) is 19.4. The summed E-state index contributed by atoms with van der Waals surface area (Å²) in [6, 6.07) is 12.7. The number of thioether (sulfide) groups is 2. The van der Waals surface area contributed by atoms with Crippen molar-refractivity contribution in [1.82, 2.24) is 15.6 Å². The van der Waals surface area contributed by atoms with Gasteiger partial charge >= 0.3 is 0 Å². The Morgan fingerprint density at radius 1 is 1.03 bits per heavy atom. The smallest absolute Gasteiger partial charge is 0.250 e. The first-order valence-electron chi connectivity index (χ1n) is 8.10. The Kier molecular flexibility index (Phi) is 8.65. The summed E-state index contributed by atoms with van der Waals surface area (Å²) >= 11 is 22.1. The molecule has 5 nitrogen and oxygen atoms in total. The molecule has 150 valence electrons. The summed E-state index contributed by atoms with van der Waals surface area (Å²) in [5, 5.41) is 13.9. The van der Waals surface area contributed by atoms with Crippen LogP contribution in [0.25, 0.3) is 0 Å². The third-order valence-corrected chi connectivity index (χ3v) is 7.42. The zero-order chi connectivity index (χ0) is 20.6. The monoisotopic (exact) mass is 502 g/mol. The molecule has 0 saturated carbocycles. The number of carbonyl (C=O) groups is 1. The summed E-state index contributed by atoms with van der Waals surface area (Å²) in [6.07, 6.45) is 1.47. The fourth-order valence-corrected chi connectivity index (χ4v) is 5.33. The van der Waals surface area contributed by atoms with Crippen molar-refractivity contribution >= 4 is 81.8 Å². The van der Waals surface area contributed by atoms with Crippen molar-refractivity contribution in [3.8, 4) is 0 Å². The molecule has 29 heavy (non-hydrogen) atoms. The van der Waals surface area contributed by atoms with Crippen LogP contribution < -0.4 is 5.43 Å². The highest BCUT2D eigenvalue weighted by Crippen LogP contribution is 2.30. The summed E-state index contributed by atoms with van der Waals surface area (Å²) in [5.41, 5.74) is 4.28. The molecule has 0 saturated heterocycles. The Morgan fingerprint density at radius 2 is 1.72 bits per heavy atom.